The summed E-state index contributed by atoms with van der Waals surface area (Å²) in [5, 5.41) is 8.04. The zero-order valence-corrected chi connectivity index (χ0v) is 14.3. The minimum absolute atomic E-state index is 0.360. The Balaban J connectivity index is 1.59. The van der Waals surface area contributed by atoms with E-state index in [1.54, 1.807) is 12.1 Å². The number of sulfone groups is 1. The van der Waals surface area contributed by atoms with Gasteiger partial charge < -0.3 is 5.32 Å². The molecular weight excluding hydrogens is 312 g/mol. The molecule has 124 valence electrons. The minimum Gasteiger partial charge on any atom is -0.308 e. The molecule has 1 aromatic heterocycles. The molecule has 23 heavy (non-hydrogen) atoms. The van der Waals surface area contributed by atoms with Crippen LogP contribution in [0.1, 0.15) is 30.6 Å². The van der Waals surface area contributed by atoms with Gasteiger partial charge in [-0.05, 0) is 24.1 Å². The second kappa shape index (κ2) is 6.41. The van der Waals surface area contributed by atoms with Crippen molar-refractivity contribution in [2.75, 3.05) is 6.26 Å². The van der Waals surface area contributed by atoms with E-state index in [4.69, 9.17) is 0 Å². The Morgan fingerprint density at radius 2 is 2.04 bits per heavy atom. The SMILES string of the molecule is CCc1nc2n(n1)C[C@@H](NCc1ccc(S(C)(=O)=O)cc1)CC2. The Bertz CT molecular complexity index is 781. The average molecular weight is 334 g/mol. The summed E-state index contributed by atoms with van der Waals surface area (Å²) in [6.45, 7) is 3.63. The Kier molecular flexibility index (Phi) is 4.50. The third kappa shape index (κ3) is 3.79. The Labute approximate surface area is 136 Å². The number of nitrogens with zero attached hydrogens (tertiary/aromatic N) is 3. The van der Waals surface area contributed by atoms with Crippen LogP contribution in [-0.4, -0.2) is 35.5 Å². The number of fused-ring (bicyclic) bond motifs is 1. The van der Waals surface area contributed by atoms with Crippen LogP contribution in [0.15, 0.2) is 29.2 Å². The summed E-state index contributed by atoms with van der Waals surface area (Å²) in [5.74, 6) is 1.99. The molecule has 1 atom stereocenters. The molecule has 1 aromatic carbocycles. The molecule has 0 aliphatic carbocycles. The lowest BCUT2D eigenvalue weighted by Crippen LogP contribution is -2.37. The topological polar surface area (TPSA) is 76.9 Å². The van der Waals surface area contributed by atoms with Crippen LogP contribution in [0, 0.1) is 0 Å². The van der Waals surface area contributed by atoms with Crippen molar-refractivity contribution in [2.45, 2.75) is 50.2 Å². The number of hydrogen-bond donors (Lipinski definition) is 1. The normalized spacial score (nSPS) is 17.9. The third-order valence-electron chi connectivity index (χ3n) is 4.16. The lowest BCUT2D eigenvalue weighted by atomic mass is 10.1. The first-order chi connectivity index (χ1) is 11.0. The first-order valence-corrected chi connectivity index (χ1v) is 9.80. The molecule has 2 heterocycles. The predicted molar refractivity (Wildman–Crippen MR) is 87.9 cm³/mol. The molecule has 0 fully saturated rings. The van der Waals surface area contributed by atoms with Crippen LogP contribution >= 0.6 is 0 Å². The monoisotopic (exact) mass is 334 g/mol. The largest absolute Gasteiger partial charge is 0.308 e. The van der Waals surface area contributed by atoms with E-state index in [9.17, 15) is 8.42 Å². The van der Waals surface area contributed by atoms with Gasteiger partial charge in [-0.3, -0.25) is 0 Å². The number of benzene rings is 1. The predicted octanol–water partition coefficient (Wildman–Crippen LogP) is 1.35. The fraction of sp³-hybridized carbons (Fsp3) is 0.500. The van der Waals surface area contributed by atoms with E-state index in [0.29, 0.717) is 10.9 Å². The van der Waals surface area contributed by atoms with Crippen LogP contribution in [0.4, 0.5) is 0 Å². The molecule has 3 rings (SSSR count). The highest BCUT2D eigenvalue weighted by Crippen LogP contribution is 2.15. The second-order valence-electron chi connectivity index (χ2n) is 6.01. The Morgan fingerprint density at radius 1 is 1.30 bits per heavy atom. The number of aryl methyl sites for hydroxylation is 2. The van der Waals surface area contributed by atoms with Gasteiger partial charge in [0.15, 0.2) is 15.7 Å². The molecule has 0 amide bonds. The Hall–Kier alpha value is -1.73. The first-order valence-electron chi connectivity index (χ1n) is 7.90. The molecule has 0 bridgehead atoms. The Morgan fingerprint density at radius 3 is 2.70 bits per heavy atom. The smallest absolute Gasteiger partial charge is 0.175 e. The fourth-order valence-corrected chi connectivity index (χ4v) is 3.42. The zero-order valence-electron chi connectivity index (χ0n) is 13.5. The van der Waals surface area contributed by atoms with Crippen LogP contribution in [0.5, 0.6) is 0 Å². The first kappa shape index (κ1) is 16.1. The maximum atomic E-state index is 11.5. The maximum Gasteiger partial charge on any atom is 0.175 e. The van der Waals surface area contributed by atoms with Gasteiger partial charge in [-0.1, -0.05) is 19.1 Å². The molecule has 0 spiro atoms. The van der Waals surface area contributed by atoms with Crippen molar-refractivity contribution in [1.29, 1.82) is 0 Å². The number of hydrogen-bond acceptors (Lipinski definition) is 5. The molecule has 0 radical (unpaired) electrons. The summed E-state index contributed by atoms with van der Waals surface area (Å²) in [6, 6.07) is 7.42. The van der Waals surface area contributed by atoms with Crippen LogP contribution in [0.25, 0.3) is 0 Å². The van der Waals surface area contributed by atoms with Crippen molar-refractivity contribution in [3.63, 3.8) is 0 Å². The molecule has 1 aliphatic heterocycles. The summed E-state index contributed by atoms with van der Waals surface area (Å²) in [5.41, 5.74) is 1.08. The number of nitrogens with one attached hydrogen (secondary N) is 1. The molecular formula is C16H22N4O2S. The van der Waals surface area contributed by atoms with E-state index in [-0.39, 0.29) is 0 Å². The highest BCUT2D eigenvalue weighted by Gasteiger charge is 2.20. The molecule has 0 saturated heterocycles. The van der Waals surface area contributed by atoms with Crippen molar-refractivity contribution in [3.05, 3.63) is 41.5 Å². The van der Waals surface area contributed by atoms with Crippen molar-refractivity contribution >= 4 is 9.84 Å². The van der Waals surface area contributed by atoms with Gasteiger partial charge in [-0.2, -0.15) is 5.10 Å². The summed E-state index contributed by atoms with van der Waals surface area (Å²) in [4.78, 5) is 4.88. The van der Waals surface area contributed by atoms with E-state index in [2.05, 4.69) is 22.3 Å². The molecule has 0 unspecified atom stereocenters. The van der Waals surface area contributed by atoms with Crippen molar-refractivity contribution in [3.8, 4) is 0 Å². The van der Waals surface area contributed by atoms with Crippen molar-refractivity contribution < 1.29 is 8.42 Å². The van der Waals surface area contributed by atoms with Crippen LogP contribution in [0.2, 0.25) is 0 Å². The molecule has 6 nitrogen and oxygen atoms in total. The highest BCUT2D eigenvalue weighted by molar-refractivity contribution is 7.90. The molecule has 7 heteroatoms. The fourth-order valence-electron chi connectivity index (χ4n) is 2.79. The van der Waals surface area contributed by atoms with Gasteiger partial charge in [0, 0.05) is 31.7 Å². The molecule has 0 saturated carbocycles. The molecule has 1 aliphatic rings. The number of aromatic nitrogens is 3. The van der Waals surface area contributed by atoms with Gasteiger partial charge in [0.2, 0.25) is 0 Å². The quantitative estimate of drug-likeness (QED) is 0.893. The van der Waals surface area contributed by atoms with Crippen LogP contribution in [0.3, 0.4) is 0 Å². The highest BCUT2D eigenvalue weighted by atomic mass is 32.2. The second-order valence-corrected chi connectivity index (χ2v) is 8.03. The zero-order chi connectivity index (χ0) is 16.4. The summed E-state index contributed by atoms with van der Waals surface area (Å²) < 4.78 is 24.9. The van der Waals surface area contributed by atoms with Gasteiger partial charge in [0.05, 0.1) is 11.4 Å². The summed E-state index contributed by atoms with van der Waals surface area (Å²) in [6.07, 6.45) is 4.08. The lowest BCUT2D eigenvalue weighted by Gasteiger charge is -2.23. The van der Waals surface area contributed by atoms with E-state index < -0.39 is 9.84 Å². The summed E-state index contributed by atoms with van der Waals surface area (Å²) >= 11 is 0. The van der Waals surface area contributed by atoms with Gasteiger partial charge in [-0.15, -0.1) is 0 Å². The van der Waals surface area contributed by atoms with E-state index in [1.807, 2.05) is 16.8 Å². The number of rotatable bonds is 5. The minimum atomic E-state index is -3.13. The van der Waals surface area contributed by atoms with E-state index >= 15 is 0 Å². The maximum absolute atomic E-state index is 11.5. The van der Waals surface area contributed by atoms with Crippen LogP contribution in [-0.2, 0) is 35.8 Å². The van der Waals surface area contributed by atoms with Crippen LogP contribution < -0.4 is 5.32 Å². The summed E-state index contributed by atoms with van der Waals surface area (Å²) in [7, 11) is -3.13. The van der Waals surface area contributed by atoms with E-state index in [1.165, 1.54) is 6.26 Å². The lowest BCUT2D eigenvalue weighted by molar-refractivity contribution is 0.357. The molecule has 2 aromatic rings. The average Bonchev–Trinajstić information content (AvgIpc) is 2.95. The van der Waals surface area contributed by atoms with Gasteiger partial charge >= 0.3 is 0 Å². The molecule has 1 N–H and O–H groups in total. The van der Waals surface area contributed by atoms with E-state index in [0.717, 1.165) is 49.6 Å². The third-order valence-corrected chi connectivity index (χ3v) is 5.29. The van der Waals surface area contributed by atoms with Gasteiger partial charge in [-0.25, -0.2) is 18.1 Å². The standard InChI is InChI=1S/C16H22N4O2S/c1-3-15-18-16-9-6-13(11-20(16)19-15)17-10-12-4-7-14(8-5-12)23(2,21)22/h4-5,7-8,13,17H,3,6,9-11H2,1-2H3/t13-/m0/s1. The van der Waals surface area contributed by atoms with Gasteiger partial charge in [0.25, 0.3) is 0 Å². The van der Waals surface area contributed by atoms with Gasteiger partial charge in [0.1, 0.15) is 5.82 Å². The van der Waals surface area contributed by atoms with Crippen molar-refractivity contribution in [1.82, 2.24) is 20.1 Å². The van der Waals surface area contributed by atoms with Crippen molar-refractivity contribution in [2.24, 2.45) is 0 Å².